The molecule has 30 heavy (non-hydrogen) atoms. The predicted molar refractivity (Wildman–Crippen MR) is 120 cm³/mol. The zero-order valence-corrected chi connectivity index (χ0v) is 18.1. The zero-order chi connectivity index (χ0) is 21.8. The van der Waals surface area contributed by atoms with Crippen LogP contribution >= 0.6 is 22.9 Å². The average Bonchev–Trinajstić information content (AvgIpc) is 3.20. The summed E-state index contributed by atoms with van der Waals surface area (Å²) in [6.07, 6.45) is 1.57. The number of hydrogen-bond donors (Lipinski definition) is 1. The van der Waals surface area contributed by atoms with E-state index in [-0.39, 0.29) is 27.6 Å². The number of nitrogens with zero attached hydrogens (tertiary/aromatic N) is 3. The van der Waals surface area contributed by atoms with Crippen molar-refractivity contribution >= 4 is 51.3 Å². The Morgan fingerprint density at radius 2 is 1.83 bits per heavy atom. The van der Waals surface area contributed by atoms with Gasteiger partial charge in [0.05, 0.1) is 9.96 Å². The van der Waals surface area contributed by atoms with Gasteiger partial charge in [-0.05, 0) is 36.6 Å². The molecule has 0 radical (unpaired) electrons. The summed E-state index contributed by atoms with van der Waals surface area (Å²) >= 11 is 7.38. The molecule has 2 aromatic carbocycles. The van der Waals surface area contributed by atoms with Crippen molar-refractivity contribution in [2.24, 2.45) is 0 Å². The minimum absolute atomic E-state index is 0.0247. The molecule has 0 saturated heterocycles. The van der Waals surface area contributed by atoms with Gasteiger partial charge in [0.15, 0.2) is 5.01 Å². The van der Waals surface area contributed by atoms with E-state index in [0.29, 0.717) is 21.8 Å². The molecule has 0 spiro atoms. The standard InChI is InChI=1S/C21H19ClN4O3S/c1-12(2)16-9-6-14(11-18(16)26(28)29)10-17(22)20-24-25-21(30-20)19(27)23-15-7-4-13(3)5-8-15/h4-12H,1-3H3,(H,23,27)/b17-10-. The quantitative estimate of drug-likeness (QED) is 0.380. The monoisotopic (exact) mass is 442 g/mol. The maximum Gasteiger partial charge on any atom is 0.286 e. The first-order valence-electron chi connectivity index (χ1n) is 9.12. The largest absolute Gasteiger partial charge is 0.320 e. The van der Waals surface area contributed by atoms with Gasteiger partial charge in [-0.1, -0.05) is 66.6 Å². The fourth-order valence-electron chi connectivity index (χ4n) is 2.74. The van der Waals surface area contributed by atoms with Crippen molar-refractivity contribution in [2.75, 3.05) is 5.32 Å². The highest BCUT2D eigenvalue weighted by atomic mass is 35.5. The summed E-state index contributed by atoms with van der Waals surface area (Å²) in [6, 6.07) is 12.3. The third-order valence-electron chi connectivity index (χ3n) is 4.30. The number of halogens is 1. The van der Waals surface area contributed by atoms with Gasteiger partial charge in [-0.2, -0.15) is 0 Å². The highest BCUT2D eigenvalue weighted by Crippen LogP contribution is 2.30. The van der Waals surface area contributed by atoms with E-state index in [1.807, 2.05) is 32.9 Å². The lowest BCUT2D eigenvalue weighted by Crippen LogP contribution is -2.11. The van der Waals surface area contributed by atoms with Gasteiger partial charge in [0.2, 0.25) is 5.01 Å². The van der Waals surface area contributed by atoms with Crippen LogP contribution in [-0.2, 0) is 0 Å². The number of amides is 1. The molecule has 9 heteroatoms. The number of carbonyl (C=O) groups is 1. The van der Waals surface area contributed by atoms with Crippen LogP contribution in [0.5, 0.6) is 0 Å². The smallest absolute Gasteiger partial charge is 0.286 e. The zero-order valence-electron chi connectivity index (χ0n) is 16.5. The first-order chi connectivity index (χ1) is 14.2. The van der Waals surface area contributed by atoms with Gasteiger partial charge in [-0.15, -0.1) is 10.2 Å². The lowest BCUT2D eigenvalue weighted by atomic mass is 9.99. The third kappa shape index (κ3) is 5.08. The van der Waals surface area contributed by atoms with E-state index in [0.717, 1.165) is 16.9 Å². The van der Waals surface area contributed by atoms with Crippen molar-refractivity contribution in [1.29, 1.82) is 0 Å². The molecule has 0 fully saturated rings. The van der Waals surface area contributed by atoms with Crippen molar-refractivity contribution in [2.45, 2.75) is 26.7 Å². The minimum atomic E-state index is -0.404. The molecule has 3 rings (SSSR count). The fourth-order valence-corrected chi connectivity index (χ4v) is 3.66. The van der Waals surface area contributed by atoms with Crippen LogP contribution in [0.25, 0.3) is 11.1 Å². The number of benzene rings is 2. The Labute approximate surface area is 182 Å². The summed E-state index contributed by atoms with van der Waals surface area (Å²) in [5.74, 6) is -0.361. The Morgan fingerprint density at radius 1 is 1.17 bits per heavy atom. The second-order valence-corrected chi connectivity index (χ2v) is 8.34. The molecule has 0 aliphatic carbocycles. The van der Waals surface area contributed by atoms with Crippen LogP contribution in [-0.4, -0.2) is 21.0 Å². The number of aryl methyl sites for hydroxylation is 1. The summed E-state index contributed by atoms with van der Waals surface area (Å²) in [6.45, 7) is 5.76. The molecule has 0 unspecified atom stereocenters. The average molecular weight is 443 g/mol. The summed E-state index contributed by atoms with van der Waals surface area (Å²) in [7, 11) is 0. The molecule has 1 amide bonds. The Hall–Kier alpha value is -3.10. The minimum Gasteiger partial charge on any atom is -0.320 e. The van der Waals surface area contributed by atoms with Crippen LogP contribution in [0.1, 0.15) is 51.3 Å². The molecule has 1 N–H and O–H groups in total. The van der Waals surface area contributed by atoms with E-state index < -0.39 is 4.92 Å². The Morgan fingerprint density at radius 3 is 2.47 bits per heavy atom. The van der Waals surface area contributed by atoms with Gasteiger partial charge in [0, 0.05) is 17.3 Å². The van der Waals surface area contributed by atoms with Crippen LogP contribution in [0, 0.1) is 17.0 Å². The first-order valence-corrected chi connectivity index (χ1v) is 10.3. The molecule has 154 valence electrons. The summed E-state index contributed by atoms with van der Waals surface area (Å²) in [5, 5.41) is 22.7. The maximum absolute atomic E-state index is 12.4. The predicted octanol–water partition coefficient (Wildman–Crippen LogP) is 5.87. The SMILES string of the molecule is Cc1ccc(NC(=O)c2nnc(/C(Cl)=C/c3ccc(C(C)C)c([N+](=O)[O-])c3)s2)cc1. The number of carbonyl (C=O) groups excluding carboxylic acids is 1. The highest BCUT2D eigenvalue weighted by Gasteiger charge is 2.18. The van der Waals surface area contributed by atoms with E-state index in [1.165, 1.54) is 6.07 Å². The molecule has 1 heterocycles. The topological polar surface area (TPSA) is 98.0 Å². The van der Waals surface area contributed by atoms with E-state index in [4.69, 9.17) is 11.6 Å². The van der Waals surface area contributed by atoms with E-state index >= 15 is 0 Å². The van der Waals surface area contributed by atoms with Crippen LogP contribution in [0.2, 0.25) is 0 Å². The second kappa shape index (κ2) is 9.15. The fraction of sp³-hybridized carbons (Fsp3) is 0.190. The second-order valence-electron chi connectivity index (χ2n) is 6.95. The molecule has 3 aromatic rings. The lowest BCUT2D eigenvalue weighted by molar-refractivity contribution is -0.385. The molecular weight excluding hydrogens is 424 g/mol. The first kappa shape index (κ1) is 21.6. The molecule has 0 bridgehead atoms. The number of anilines is 1. The Kier molecular flexibility index (Phi) is 6.59. The van der Waals surface area contributed by atoms with Gasteiger partial charge >= 0.3 is 0 Å². The Balaban J connectivity index is 1.80. The number of nitro groups is 1. The molecule has 0 aliphatic rings. The van der Waals surface area contributed by atoms with Crippen LogP contribution in [0.4, 0.5) is 11.4 Å². The normalized spacial score (nSPS) is 11.6. The van der Waals surface area contributed by atoms with Crippen molar-refractivity contribution in [3.8, 4) is 0 Å². The summed E-state index contributed by atoms with van der Waals surface area (Å²) in [5.41, 5.74) is 3.00. The molecule has 0 saturated carbocycles. The van der Waals surface area contributed by atoms with Gasteiger partial charge in [0.1, 0.15) is 0 Å². The van der Waals surface area contributed by atoms with Crippen LogP contribution in [0.15, 0.2) is 42.5 Å². The number of nitrogens with one attached hydrogen (secondary N) is 1. The van der Waals surface area contributed by atoms with E-state index in [9.17, 15) is 14.9 Å². The summed E-state index contributed by atoms with van der Waals surface area (Å²) in [4.78, 5) is 23.3. The molecule has 1 aromatic heterocycles. The summed E-state index contributed by atoms with van der Waals surface area (Å²) < 4.78 is 0. The van der Waals surface area contributed by atoms with Crippen molar-refractivity contribution in [1.82, 2.24) is 10.2 Å². The van der Waals surface area contributed by atoms with Crippen molar-refractivity contribution in [3.05, 3.63) is 79.3 Å². The number of hydrogen-bond acceptors (Lipinski definition) is 6. The van der Waals surface area contributed by atoms with Gasteiger partial charge in [0.25, 0.3) is 11.6 Å². The molecular formula is C21H19ClN4O3S. The highest BCUT2D eigenvalue weighted by molar-refractivity contribution is 7.15. The molecule has 0 atom stereocenters. The van der Waals surface area contributed by atoms with Crippen LogP contribution < -0.4 is 5.32 Å². The Bertz CT molecular complexity index is 1120. The van der Waals surface area contributed by atoms with Gasteiger partial charge in [-0.3, -0.25) is 14.9 Å². The van der Waals surface area contributed by atoms with E-state index in [1.54, 1.807) is 30.3 Å². The maximum atomic E-state index is 12.4. The van der Waals surface area contributed by atoms with Gasteiger partial charge in [-0.25, -0.2) is 0 Å². The third-order valence-corrected chi connectivity index (χ3v) is 5.66. The lowest BCUT2D eigenvalue weighted by Gasteiger charge is -2.07. The number of rotatable bonds is 6. The van der Waals surface area contributed by atoms with Gasteiger partial charge < -0.3 is 5.32 Å². The van der Waals surface area contributed by atoms with Crippen molar-refractivity contribution < 1.29 is 9.72 Å². The van der Waals surface area contributed by atoms with E-state index in [2.05, 4.69) is 15.5 Å². The number of nitro benzene ring substituents is 1. The molecule has 0 aliphatic heterocycles. The van der Waals surface area contributed by atoms with Crippen LogP contribution in [0.3, 0.4) is 0 Å². The molecule has 7 nitrogen and oxygen atoms in total. The number of aromatic nitrogens is 2. The van der Waals surface area contributed by atoms with Crippen molar-refractivity contribution in [3.63, 3.8) is 0 Å².